The first-order chi connectivity index (χ1) is 10.2. The summed E-state index contributed by atoms with van der Waals surface area (Å²) in [4.78, 5) is 17.2. The molecule has 1 saturated heterocycles. The fraction of sp³-hybridized carbons (Fsp3) is 0.643. The van der Waals surface area contributed by atoms with Gasteiger partial charge < -0.3 is 15.0 Å². The first kappa shape index (κ1) is 15.5. The number of hydrogen-bond acceptors (Lipinski definition) is 6. The molecule has 21 heavy (non-hydrogen) atoms. The van der Waals surface area contributed by atoms with Gasteiger partial charge in [-0.05, 0) is 32.8 Å². The average Bonchev–Trinajstić information content (AvgIpc) is 2.97. The highest BCUT2D eigenvalue weighted by Gasteiger charge is 2.25. The van der Waals surface area contributed by atoms with Gasteiger partial charge in [-0.1, -0.05) is 0 Å². The maximum atomic E-state index is 11.2. The van der Waals surface area contributed by atoms with Crippen molar-refractivity contribution in [1.29, 1.82) is 0 Å². The predicted molar refractivity (Wildman–Crippen MR) is 81.9 cm³/mol. The van der Waals surface area contributed by atoms with E-state index in [1.807, 2.05) is 18.7 Å². The van der Waals surface area contributed by atoms with Crippen molar-refractivity contribution >= 4 is 17.3 Å². The molecule has 0 radical (unpaired) electrons. The topological polar surface area (TPSA) is 80.5 Å². The van der Waals surface area contributed by atoms with Crippen LogP contribution in [0.2, 0.25) is 0 Å². The molecule has 0 amide bonds. The van der Waals surface area contributed by atoms with Gasteiger partial charge in [0.2, 0.25) is 5.82 Å². The predicted octanol–water partition coefficient (Wildman–Crippen LogP) is 2.43. The van der Waals surface area contributed by atoms with Crippen LogP contribution in [0.3, 0.4) is 0 Å². The zero-order chi connectivity index (χ0) is 15.2. The molecule has 7 nitrogen and oxygen atoms in total. The molecule has 0 aliphatic carbocycles. The normalized spacial score (nSPS) is 17.7. The van der Waals surface area contributed by atoms with Gasteiger partial charge in [0.1, 0.15) is 5.82 Å². The number of nitro groups is 1. The maximum absolute atomic E-state index is 11.2. The number of hydrogen-bond donors (Lipinski definition) is 1. The molecule has 1 aliphatic rings. The number of nitrogens with zero attached hydrogens (tertiary/aromatic N) is 3. The maximum Gasteiger partial charge on any atom is 0.311 e. The van der Waals surface area contributed by atoms with Gasteiger partial charge >= 0.3 is 5.69 Å². The SMILES string of the molecule is CCNc1ccc([N+](=O)[O-])c(N(CC)CC2CCCO2)n1. The van der Waals surface area contributed by atoms with Crippen LogP contribution in [-0.2, 0) is 4.74 Å². The van der Waals surface area contributed by atoms with Crippen molar-refractivity contribution in [3.05, 3.63) is 22.2 Å². The summed E-state index contributed by atoms with van der Waals surface area (Å²) in [5.74, 6) is 1.07. The van der Waals surface area contributed by atoms with Crippen molar-refractivity contribution in [2.45, 2.75) is 32.8 Å². The second-order valence-electron chi connectivity index (χ2n) is 5.00. The van der Waals surface area contributed by atoms with Gasteiger partial charge in [0.15, 0.2) is 0 Å². The zero-order valence-electron chi connectivity index (χ0n) is 12.5. The lowest BCUT2D eigenvalue weighted by Gasteiger charge is -2.25. The van der Waals surface area contributed by atoms with Crippen molar-refractivity contribution < 1.29 is 9.66 Å². The van der Waals surface area contributed by atoms with Crippen LogP contribution in [0.1, 0.15) is 26.7 Å². The molecule has 1 atom stereocenters. The summed E-state index contributed by atoms with van der Waals surface area (Å²) in [6.07, 6.45) is 2.18. The minimum Gasteiger partial charge on any atom is -0.376 e. The fourth-order valence-electron chi connectivity index (χ4n) is 2.50. The highest BCUT2D eigenvalue weighted by atomic mass is 16.6. The minimum absolute atomic E-state index is 0.0384. The van der Waals surface area contributed by atoms with Gasteiger partial charge in [0.25, 0.3) is 0 Å². The molecule has 116 valence electrons. The number of anilines is 2. The van der Waals surface area contributed by atoms with E-state index in [0.29, 0.717) is 24.7 Å². The highest BCUT2D eigenvalue weighted by Crippen LogP contribution is 2.28. The van der Waals surface area contributed by atoms with Crippen molar-refractivity contribution in [2.24, 2.45) is 0 Å². The van der Waals surface area contributed by atoms with Crippen LogP contribution in [0.5, 0.6) is 0 Å². The van der Waals surface area contributed by atoms with Gasteiger partial charge in [-0.25, -0.2) is 4.98 Å². The van der Waals surface area contributed by atoms with Crippen molar-refractivity contribution in [1.82, 2.24) is 4.98 Å². The Balaban J connectivity index is 2.27. The number of aromatic nitrogens is 1. The third kappa shape index (κ3) is 3.81. The van der Waals surface area contributed by atoms with E-state index in [0.717, 1.165) is 26.0 Å². The molecule has 7 heteroatoms. The molecule has 1 fully saturated rings. The van der Waals surface area contributed by atoms with E-state index in [1.165, 1.54) is 6.07 Å². The van der Waals surface area contributed by atoms with Gasteiger partial charge in [-0.15, -0.1) is 0 Å². The van der Waals surface area contributed by atoms with Crippen LogP contribution in [0.15, 0.2) is 12.1 Å². The summed E-state index contributed by atoms with van der Waals surface area (Å²) >= 11 is 0. The number of pyridine rings is 1. The molecular formula is C14H22N4O3. The van der Waals surface area contributed by atoms with E-state index >= 15 is 0 Å². The molecule has 0 spiro atoms. The van der Waals surface area contributed by atoms with Crippen LogP contribution >= 0.6 is 0 Å². The van der Waals surface area contributed by atoms with E-state index in [4.69, 9.17) is 4.74 Å². The Morgan fingerprint density at radius 2 is 2.33 bits per heavy atom. The smallest absolute Gasteiger partial charge is 0.311 e. The van der Waals surface area contributed by atoms with Crippen LogP contribution in [-0.4, -0.2) is 42.3 Å². The van der Waals surface area contributed by atoms with Crippen molar-refractivity contribution in [3.63, 3.8) is 0 Å². The second kappa shape index (κ2) is 7.21. The van der Waals surface area contributed by atoms with E-state index in [1.54, 1.807) is 6.07 Å². The Hall–Kier alpha value is -1.89. The lowest BCUT2D eigenvalue weighted by atomic mass is 10.2. The summed E-state index contributed by atoms with van der Waals surface area (Å²) in [6.45, 7) is 6.73. The van der Waals surface area contributed by atoms with Crippen LogP contribution < -0.4 is 10.2 Å². The Morgan fingerprint density at radius 1 is 1.52 bits per heavy atom. The Kier molecular flexibility index (Phi) is 5.32. The summed E-state index contributed by atoms with van der Waals surface area (Å²) < 4.78 is 5.63. The van der Waals surface area contributed by atoms with E-state index < -0.39 is 0 Å². The fourth-order valence-corrected chi connectivity index (χ4v) is 2.50. The van der Waals surface area contributed by atoms with E-state index in [-0.39, 0.29) is 16.7 Å². The van der Waals surface area contributed by atoms with Gasteiger partial charge in [-0.3, -0.25) is 10.1 Å². The quantitative estimate of drug-likeness (QED) is 0.614. The van der Waals surface area contributed by atoms with Gasteiger partial charge in [-0.2, -0.15) is 0 Å². The molecule has 0 bridgehead atoms. The largest absolute Gasteiger partial charge is 0.376 e. The highest BCUT2D eigenvalue weighted by molar-refractivity contribution is 5.61. The zero-order valence-corrected chi connectivity index (χ0v) is 12.5. The standard InChI is InChI=1S/C14H22N4O3/c1-3-15-13-8-7-12(18(19)20)14(16-13)17(4-2)10-11-6-5-9-21-11/h7-8,11H,3-6,9-10H2,1-2H3,(H,15,16). The molecular weight excluding hydrogens is 272 g/mol. The second-order valence-corrected chi connectivity index (χ2v) is 5.00. The average molecular weight is 294 g/mol. The van der Waals surface area contributed by atoms with Crippen molar-refractivity contribution in [3.8, 4) is 0 Å². The molecule has 1 N–H and O–H groups in total. The Morgan fingerprint density at radius 3 is 2.90 bits per heavy atom. The molecule has 2 rings (SSSR count). The van der Waals surface area contributed by atoms with Crippen LogP contribution in [0.4, 0.5) is 17.3 Å². The molecule has 0 saturated carbocycles. The number of nitrogens with one attached hydrogen (secondary N) is 1. The third-order valence-electron chi connectivity index (χ3n) is 3.54. The first-order valence-corrected chi connectivity index (χ1v) is 7.41. The molecule has 1 unspecified atom stereocenters. The first-order valence-electron chi connectivity index (χ1n) is 7.41. The lowest BCUT2D eigenvalue weighted by molar-refractivity contribution is -0.384. The van der Waals surface area contributed by atoms with E-state index in [2.05, 4.69) is 10.3 Å². The molecule has 1 aliphatic heterocycles. The number of likely N-dealkylation sites (N-methyl/N-ethyl adjacent to an activating group) is 1. The lowest BCUT2D eigenvalue weighted by Crippen LogP contribution is -2.33. The molecule has 1 aromatic heterocycles. The van der Waals surface area contributed by atoms with Crippen LogP contribution in [0, 0.1) is 10.1 Å². The summed E-state index contributed by atoms with van der Waals surface area (Å²) in [7, 11) is 0. The van der Waals surface area contributed by atoms with Gasteiger partial charge in [0.05, 0.1) is 11.0 Å². The number of rotatable bonds is 7. The molecule has 2 heterocycles. The monoisotopic (exact) mass is 294 g/mol. The molecule has 1 aromatic rings. The Bertz CT molecular complexity index is 489. The van der Waals surface area contributed by atoms with E-state index in [9.17, 15) is 10.1 Å². The third-order valence-corrected chi connectivity index (χ3v) is 3.54. The minimum atomic E-state index is -0.379. The molecule has 0 aromatic carbocycles. The summed E-state index contributed by atoms with van der Waals surface area (Å²) in [6, 6.07) is 3.16. The summed E-state index contributed by atoms with van der Waals surface area (Å²) in [5.41, 5.74) is 0.0384. The number of ether oxygens (including phenoxy) is 1. The van der Waals surface area contributed by atoms with Crippen LogP contribution in [0.25, 0.3) is 0 Å². The Labute approximate surface area is 124 Å². The van der Waals surface area contributed by atoms with Gasteiger partial charge in [0, 0.05) is 32.3 Å². The summed E-state index contributed by atoms with van der Waals surface area (Å²) in [5, 5.41) is 14.3. The van der Waals surface area contributed by atoms with Crippen molar-refractivity contribution in [2.75, 3.05) is 36.5 Å².